The maximum atomic E-state index is 13.3. The summed E-state index contributed by atoms with van der Waals surface area (Å²) in [4.78, 5) is 22.3. The highest BCUT2D eigenvalue weighted by molar-refractivity contribution is 5.92. The van der Waals surface area contributed by atoms with E-state index in [2.05, 4.69) is 5.32 Å². The lowest BCUT2D eigenvalue weighted by Crippen LogP contribution is -2.43. The molecule has 0 spiro atoms. The van der Waals surface area contributed by atoms with E-state index in [4.69, 9.17) is 5.11 Å². The molecule has 20 heavy (non-hydrogen) atoms. The molecule has 0 heterocycles. The van der Waals surface area contributed by atoms with Gasteiger partial charge in [-0.1, -0.05) is 13.3 Å². The maximum absolute atomic E-state index is 13.3. The van der Waals surface area contributed by atoms with Crippen LogP contribution >= 0.6 is 0 Å². The van der Waals surface area contributed by atoms with E-state index >= 15 is 0 Å². The van der Waals surface area contributed by atoms with Gasteiger partial charge in [-0.3, -0.25) is 0 Å². The van der Waals surface area contributed by atoms with Crippen LogP contribution in [-0.4, -0.2) is 23.1 Å². The van der Waals surface area contributed by atoms with Crippen LogP contribution in [0.5, 0.6) is 0 Å². The minimum Gasteiger partial charge on any atom is -0.480 e. The minimum atomic E-state index is -1.39. The molecule has 0 aromatic heterocycles. The largest absolute Gasteiger partial charge is 0.480 e. The van der Waals surface area contributed by atoms with Crippen molar-refractivity contribution < 1.29 is 27.9 Å². The van der Waals surface area contributed by atoms with Crippen molar-refractivity contribution >= 4 is 17.7 Å². The lowest BCUT2D eigenvalue weighted by molar-refractivity contribution is -0.139. The van der Waals surface area contributed by atoms with Crippen LogP contribution in [0.3, 0.4) is 0 Å². The van der Waals surface area contributed by atoms with Crippen LogP contribution in [0.4, 0.5) is 23.7 Å². The number of carbonyl (C=O) groups excluding carboxylic acids is 1. The van der Waals surface area contributed by atoms with Crippen LogP contribution < -0.4 is 10.6 Å². The molecule has 110 valence electrons. The average molecular weight is 290 g/mol. The Hall–Kier alpha value is -2.25. The highest BCUT2D eigenvalue weighted by atomic mass is 19.2. The third kappa shape index (κ3) is 4.15. The predicted octanol–water partition coefficient (Wildman–Crippen LogP) is 2.48. The summed E-state index contributed by atoms with van der Waals surface area (Å²) in [5.41, 5.74) is -0.581. The molecule has 8 heteroatoms. The molecule has 0 unspecified atom stereocenters. The fraction of sp³-hybridized carbons (Fsp3) is 0.333. The molecule has 1 rings (SSSR count). The molecular weight excluding hydrogens is 277 g/mol. The van der Waals surface area contributed by atoms with Gasteiger partial charge in [0.15, 0.2) is 11.6 Å². The molecule has 0 radical (unpaired) electrons. The van der Waals surface area contributed by atoms with Crippen LogP contribution in [0.2, 0.25) is 0 Å². The van der Waals surface area contributed by atoms with Gasteiger partial charge in [0.05, 0.1) is 5.69 Å². The number of carbonyl (C=O) groups is 2. The van der Waals surface area contributed by atoms with Crippen LogP contribution in [0, 0.1) is 17.5 Å². The SMILES string of the molecule is CCC[C@H](NC(=O)Nc1cc(F)c(F)cc1F)C(=O)O. The van der Waals surface area contributed by atoms with Crippen molar-refractivity contribution in [3.8, 4) is 0 Å². The monoisotopic (exact) mass is 290 g/mol. The molecule has 1 aromatic rings. The molecule has 5 nitrogen and oxygen atoms in total. The van der Waals surface area contributed by atoms with Gasteiger partial charge < -0.3 is 15.7 Å². The summed E-state index contributed by atoms with van der Waals surface area (Å²) in [5, 5.41) is 12.8. The maximum Gasteiger partial charge on any atom is 0.326 e. The Morgan fingerprint density at radius 3 is 2.35 bits per heavy atom. The van der Waals surface area contributed by atoms with Crippen molar-refractivity contribution in [2.75, 3.05) is 5.32 Å². The van der Waals surface area contributed by atoms with Gasteiger partial charge in [0.1, 0.15) is 11.9 Å². The number of carboxylic acid groups (broad SMARTS) is 1. The Balaban J connectivity index is 2.75. The third-order valence-corrected chi connectivity index (χ3v) is 2.44. The van der Waals surface area contributed by atoms with E-state index in [0.29, 0.717) is 12.5 Å². The van der Waals surface area contributed by atoms with Crippen molar-refractivity contribution in [2.45, 2.75) is 25.8 Å². The molecule has 0 aliphatic carbocycles. The molecule has 0 bridgehead atoms. The molecule has 0 aliphatic heterocycles. The summed E-state index contributed by atoms with van der Waals surface area (Å²) in [7, 11) is 0. The minimum absolute atomic E-state index is 0.184. The summed E-state index contributed by atoms with van der Waals surface area (Å²) in [6.45, 7) is 1.73. The van der Waals surface area contributed by atoms with Gasteiger partial charge in [-0.15, -0.1) is 0 Å². The zero-order valence-corrected chi connectivity index (χ0v) is 10.5. The lowest BCUT2D eigenvalue weighted by Gasteiger charge is -2.14. The highest BCUT2D eigenvalue weighted by Gasteiger charge is 2.20. The predicted molar refractivity (Wildman–Crippen MR) is 64.8 cm³/mol. The van der Waals surface area contributed by atoms with Gasteiger partial charge in [0, 0.05) is 12.1 Å². The van der Waals surface area contributed by atoms with Crippen molar-refractivity contribution in [3.05, 3.63) is 29.6 Å². The highest BCUT2D eigenvalue weighted by Crippen LogP contribution is 2.18. The quantitative estimate of drug-likeness (QED) is 0.729. The van der Waals surface area contributed by atoms with E-state index in [0.717, 1.165) is 0 Å². The molecule has 2 amide bonds. The van der Waals surface area contributed by atoms with Gasteiger partial charge in [-0.2, -0.15) is 0 Å². The molecule has 1 aromatic carbocycles. The Morgan fingerprint density at radius 2 is 1.80 bits per heavy atom. The van der Waals surface area contributed by atoms with Crippen LogP contribution in [0.15, 0.2) is 12.1 Å². The topological polar surface area (TPSA) is 78.4 Å². The fourth-order valence-corrected chi connectivity index (χ4v) is 1.48. The summed E-state index contributed by atoms with van der Waals surface area (Å²) < 4.78 is 38.9. The second-order valence-electron chi connectivity index (χ2n) is 4.02. The smallest absolute Gasteiger partial charge is 0.326 e. The molecule has 0 aliphatic rings. The molecular formula is C12H13F3N2O3. The molecule has 1 atom stereocenters. The summed E-state index contributed by atoms with van der Waals surface area (Å²) in [5.74, 6) is -5.12. The van der Waals surface area contributed by atoms with Gasteiger partial charge >= 0.3 is 12.0 Å². The number of carboxylic acids is 1. The number of nitrogens with one attached hydrogen (secondary N) is 2. The molecule has 3 N–H and O–H groups in total. The van der Waals surface area contributed by atoms with E-state index in [-0.39, 0.29) is 12.5 Å². The summed E-state index contributed by atoms with van der Waals surface area (Å²) in [6, 6.07) is -1.41. The number of rotatable bonds is 5. The number of anilines is 1. The Kier molecular flexibility index (Phi) is 5.36. The van der Waals surface area contributed by atoms with E-state index in [9.17, 15) is 22.8 Å². The summed E-state index contributed by atoms with van der Waals surface area (Å²) >= 11 is 0. The number of urea groups is 1. The number of hydrogen-bond acceptors (Lipinski definition) is 2. The van der Waals surface area contributed by atoms with Crippen molar-refractivity contribution in [1.82, 2.24) is 5.32 Å². The molecule has 0 fully saturated rings. The Morgan fingerprint density at radius 1 is 1.20 bits per heavy atom. The summed E-state index contributed by atoms with van der Waals surface area (Å²) in [6.07, 6.45) is 0.694. The standard InChI is InChI=1S/C12H13F3N2O3/c1-2-3-9(11(18)19)16-12(20)17-10-5-7(14)6(13)4-8(10)15/h4-5,9H,2-3H2,1H3,(H,18,19)(H2,16,17,20)/t9-/m0/s1. The molecule has 0 saturated carbocycles. The van der Waals surface area contributed by atoms with Gasteiger partial charge in [0.25, 0.3) is 0 Å². The number of benzene rings is 1. The van der Waals surface area contributed by atoms with Crippen LogP contribution in [0.25, 0.3) is 0 Å². The van der Waals surface area contributed by atoms with Crippen molar-refractivity contribution in [3.63, 3.8) is 0 Å². The van der Waals surface area contributed by atoms with Crippen molar-refractivity contribution in [2.24, 2.45) is 0 Å². The van der Waals surface area contributed by atoms with Crippen LogP contribution in [-0.2, 0) is 4.79 Å². The van der Waals surface area contributed by atoms with E-state index < -0.39 is 41.2 Å². The fourth-order valence-electron chi connectivity index (χ4n) is 1.48. The Bertz CT molecular complexity index is 523. The Labute approximate surface area is 112 Å². The normalized spacial score (nSPS) is 11.8. The molecule has 0 saturated heterocycles. The average Bonchev–Trinajstić information content (AvgIpc) is 2.35. The second kappa shape index (κ2) is 6.78. The lowest BCUT2D eigenvalue weighted by atomic mass is 10.2. The number of aliphatic carboxylic acids is 1. The third-order valence-electron chi connectivity index (χ3n) is 2.44. The van der Waals surface area contributed by atoms with Crippen molar-refractivity contribution in [1.29, 1.82) is 0 Å². The van der Waals surface area contributed by atoms with Gasteiger partial charge in [-0.25, -0.2) is 22.8 Å². The first-order valence-electron chi connectivity index (χ1n) is 5.80. The van der Waals surface area contributed by atoms with E-state index in [1.165, 1.54) is 0 Å². The van der Waals surface area contributed by atoms with E-state index in [1.807, 2.05) is 5.32 Å². The number of amides is 2. The first-order valence-corrected chi connectivity index (χ1v) is 5.80. The number of halogens is 3. The van der Waals surface area contributed by atoms with Gasteiger partial charge in [-0.05, 0) is 6.42 Å². The van der Waals surface area contributed by atoms with E-state index in [1.54, 1.807) is 6.92 Å². The van der Waals surface area contributed by atoms with Gasteiger partial charge in [0.2, 0.25) is 0 Å². The zero-order chi connectivity index (χ0) is 15.3. The number of hydrogen-bond donors (Lipinski definition) is 3. The van der Waals surface area contributed by atoms with Crippen LogP contribution in [0.1, 0.15) is 19.8 Å². The first kappa shape index (κ1) is 15.8. The second-order valence-corrected chi connectivity index (χ2v) is 4.02. The first-order chi connectivity index (χ1) is 9.35. The zero-order valence-electron chi connectivity index (χ0n) is 10.5.